The van der Waals surface area contributed by atoms with Crippen LogP contribution in [0.3, 0.4) is 0 Å². The summed E-state index contributed by atoms with van der Waals surface area (Å²) >= 11 is 0. The van der Waals surface area contributed by atoms with Gasteiger partial charge in [-0.05, 0) is 67.9 Å². The second-order valence-corrected chi connectivity index (χ2v) is 7.85. The third kappa shape index (κ3) is 2.97. The van der Waals surface area contributed by atoms with Gasteiger partial charge in [-0.15, -0.1) is 0 Å². The van der Waals surface area contributed by atoms with Crippen molar-refractivity contribution in [2.45, 2.75) is 51.0 Å². The Morgan fingerprint density at radius 1 is 1.04 bits per heavy atom. The molecule has 3 aliphatic rings. The molecule has 2 aliphatic heterocycles. The van der Waals surface area contributed by atoms with Gasteiger partial charge >= 0.3 is 0 Å². The van der Waals surface area contributed by atoms with Crippen LogP contribution in [-0.4, -0.2) is 29.1 Å². The molecule has 2 aromatic rings. The number of carbonyl (C=O) groups is 1. The second kappa shape index (κ2) is 7.00. The van der Waals surface area contributed by atoms with Crippen LogP contribution in [0, 0.1) is 0 Å². The summed E-state index contributed by atoms with van der Waals surface area (Å²) in [4.78, 5) is 30.8. The van der Waals surface area contributed by atoms with Gasteiger partial charge in [0.05, 0.1) is 6.04 Å². The van der Waals surface area contributed by atoms with Gasteiger partial charge in [0, 0.05) is 12.2 Å². The van der Waals surface area contributed by atoms with Crippen LogP contribution >= 0.6 is 0 Å². The standard InChI is InChI=1S/C22H24N2O4/c25-21-16(11-14-5-2-1-3-6-17(14)23-21)22(26)24-10-4-7-18(24)15-8-9-19-20(12-15)28-13-27-19/h8-9,11-12,18H,1-7,10,13H2,(H,23,25). The van der Waals surface area contributed by atoms with E-state index in [1.54, 1.807) is 0 Å². The normalized spacial score (nSPS) is 20.7. The highest BCUT2D eigenvalue weighted by Crippen LogP contribution is 2.39. The van der Waals surface area contributed by atoms with Crippen LogP contribution in [0.5, 0.6) is 11.5 Å². The van der Waals surface area contributed by atoms with Crippen LogP contribution in [0.1, 0.15) is 65.3 Å². The van der Waals surface area contributed by atoms with Crippen molar-refractivity contribution in [3.8, 4) is 11.5 Å². The zero-order valence-electron chi connectivity index (χ0n) is 15.8. The van der Waals surface area contributed by atoms with E-state index in [0.717, 1.165) is 73.3 Å². The number of likely N-dealkylation sites (tertiary alicyclic amines) is 1. The van der Waals surface area contributed by atoms with Gasteiger partial charge in [-0.3, -0.25) is 9.59 Å². The van der Waals surface area contributed by atoms with Crippen molar-refractivity contribution in [1.82, 2.24) is 9.88 Å². The maximum Gasteiger partial charge on any atom is 0.261 e. The zero-order valence-corrected chi connectivity index (χ0v) is 15.8. The minimum atomic E-state index is -0.262. The quantitative estimate of drug-likeness (QED) is 0.811. The van der Waals surface area contributed by atoms with E-state index < -0.39 is 0 Å². The molecule has 1 fully saturated rings. The Balaban J connectivity index is 1.46. The molecule has 146 valence electrons. The monoisotopic (exact) mass is 380 g/mol. The molecule has 1 unspecified atom stereocenters. The van der Waals surface area contributed by atoms with Crippen LogP contribution in [-0.2, 0) is 12.8 Å². The molecule has 6 nitrogen and oxygen atoms in total. The highest BCUT2D eigenvalue weighted by Gasteiger charge is 2.33. The fraction of sp³-hybridized carbons (Fsp3) is 0.455. The number of aryl methyl sites for hydroxylation is 2. The molecule has 28 heavy (non-hydrogen) atoms. The summed E-state index contributed by atoms with van der Waals surface area (Å²) in [6, 6.07) is 7.65. The molecule has 1 aromatic carbocycles. The number of hydrogen-bond acceptors (Lipinski definition) is 4. The van der Waals surface area contributed by atoms with Crippen molar-refractivity contribution in [3.63, 3.8) is 0 Å². The average molecular weight is 380 g/mol. The summed E-state index contributed by atoms with van der Waals surface area (Å²) in [6.07, 6.45) is 6.99. The molecule has 5 rings (SSSR count). The third-order valence-corrected chi connectivity index (χ3v) is 6.11. The first-order chi connectivity index (χ1) is 13.7. The topological polar surface area (TPSA) is 71.6 Å². The summed E-state index contributed by atoms with van der Waals surface area (Å²) in [5, 5.41) is 0. The van der Waals surface area contributed by atoms with E-state index in [-0.39, 0.29) is 29.9 Å². The van der Waals surface area contributed by atoms with Crippen LogP contribution in [0.15, 0.2) is 29.1 Å². The van der Waals surface area contributed by atoms with E-state index in [1.807, 2.05) is 29.2 Å². The molecule has 1 atom stereocenters. The van der Waals surface area contributed by atoms with Gasteiger partial charge in [0.2, 0.25) is 6.79 Å². The van der Waals surface area contributed by atoms with Crippen molar-refractivity contribution in [1.29, 1.82) is 0 Å². The van der Waals surface area contributed by atoms with Crippen molar-refractivity contribution < 1.29 is 14.3 Å². The molecule has 0 saturated carbocycles. The van der Waals surface area contributed by atoms with Gasteiger partial charge in [0.1, 0.15) is 5.56 Å². The number of pyridine rings is 1. The molecule has 3 heterocycles. The predicted molar refractivity (Wildman–Crippen MR) is 104 cm³/mol. The van der Waals surface area contributed by atoms with Gasteiger partial charge in [0.15, 0.2) is 11.5 Å². The van der Waals surface area contributed by atoms with Gasteiger partial charge in [0.25, 0.3) is 11.5 Å². The Kier molecular flexibility index (Phi) is 4.34. The summed E-state index contributed by atoms with van der Waals surface area (Å²) in [7, 11) is 0. The van der Waals surface area contributed by atoms with Crippen molar-refractivity contribution in [3.05, 3.63) is 57.0 Å². The van der Waals surface area contributed by atoms with Crippen LogP contribution < -0.4 is 15.0 Å². The first kappa shape index (κ1) is 17.3. The highest BCUT2D eigenvalue weighted by atomic mass is 16.7. The van der Waals surface area contributed by atoms with E-state index in [2.05, 4.69) is 4.98 Å². The third-order valence-electron chi connectivity index (χ3n) is 6.11. The number of rotatable bonds is 2. The Morgan fingerprint density at radius 2 is 1.89 bits per heavy atom. The first-order valence-electron chi connectivity index (χ1n) is 10.2. The number of ether oxygens (including phenoxy) is 2. The lowest BCUT2D eigenvalue weighted by Gasteiger charge is -2.25. The maximum atomic E-state index is 13.3. The van der Waals surface area contributed by atoms with Gasteiger partial charge < -0.3 is 19.4 Å². The molecule has 1 aromatic heterocycles. The molecule has 0 bridgehead atoms. The number of H-pyrrole nitrogens is 1. The predicted octanol–water partition coefficient (Wildman–Crippen LogP) is 3.35. The minimum Gasteiger partial charge on any atom is -0.454 e. The first-order valence-corrected chi connectivity index (χ1v) is 10.2. The summed E-state index contributed by atoms with van der Waals surface area (Å²) in [6.45, 7) is 0.894. The Hall–Kier alpha value is -2.76. The smallest absolute Gasteiger partial charge is 0.261 e. The van der Waals surface area contributed by atoms with Crippen molar-refractivity contribution in [2.24, 2.45) is 0 Å². The van der Waals surface area contributed by atoms with Gasteiger partial charge in [-0.2, -0.15) is 0 Å². The minimum absolute atomic E-state index is 0.0415. The maximum absolute atomic E-state index is 13.3. The van der Waals surface area contributed by atoms with E-state index >= 15 is 0 Å². The molecule has 1 amide bonds. The number of nitrogens with zero attached hydrogens (tertiary/aromatic N) is 1. The number of benzene rings is 1. The molecule has 1 saturated heterocycles. The molecule has 1 aliphatic carbocycles. The number of aromatic amines is 1. The zero-order chi connectivity index (χ0) is 19.1. The van der Waals surface area contributed by atoms with Crippen molar-refractivity contribution in [2.75, 3.05) is 13.3 Å². The lowest BCUT2D eigenvalue weighted by atomic mass is 10.0. The molecule has 0 spiro atoms. The molecule has 1 N–H and O–H groups in total. The average Bonchev–Trinajstić information content (AvgIpc) is 3.31. The molecular weight excluding hydrogens is 356 g/mol. The number of hydrogen-bond donors (Lipinski definition) is 1. The lowest BCUT2D eigenvalue weighted by molar-refractivity contribution is 0.0733. The van der Waals surface area contributed by atoms with Crippen LogP contribution in [0.2, 0.25) is 0 Å². The molecule has 0 radical (unpaired) electrons. The fourth-order valence-electron chi connectivity index (χ4n) is 4.64. The van der Waals surface area contributed by atoms with E-state index in [1.165, 1.54) is 0 Å². The number of aromatic nitrogens is 1. The lowest BCUT2D eigenvalue weighted by Crippen LogP contribution is -2.35. The Labute approximate surface area is 163 Å². The molecular formula is C22H24N2O4. The number of carbonyl (C=O) groups excluding carboxylic acids is 1. The Bertz CT molecular complexity index is 981. The molecule has 6 heteroatoms. The highest BCUT2D eigenvalue weighted by molar-refractivity contribution is 5.94. The van der Waals surface area contributed by atoms with E-state index in [9.17, 15) is 9.59 Å². The summed E-state index contributed by atoms with van der Waals surface area (Å²) in [5.41, 5.74) is 3.17. The fourth-order valence-corrected chi connectivity index (χ4v) is 4.64. The number of fused-ring (bicyclic) bond motifs is 2. The van der Waals surface area contributed by atoms with Gasteiger partial charge in [-0.25, -0.2) is 0 Å². The van der Waals surface area contributed by atoms with E-state index in [0.29, 0.717) is 6.54 Å². The summed E-state index contributed by atoms with van der Waals surface area (Å²) < 4.78 is 10.9. The van der Waals surface area contributed by atoms with Crippen molar-refractivity contribution >= 4 is 5.91 Å². The van der Waals surface area contributed by atoms with Crippen LogP contribution in [0.25, 0.3) is 0 Å². The van der Waals surface area contributed by atoms with Gasteiger partial charge in [-0.1, -0.05) is 12.5 Å². The van der Waals surface area contributed by atoms with E-state index in [4.69, 9.17) is 9.47 Å². The van der Waals surface area contributed by atoms with Crippen LogP contribution in [0.4, 0.5) is 0 Å². The Morgan fingerprint density at radius 3 is 2.82 bits per heavy atom. The second-order valence-electron chi connectivity index (χ2n) is 7.85. The number of amides is 1. The number of nitrogens with one attached hydrogen (secondary N) is 1. The SMILES string of the molecule is O=C(c1cc2c([nH]c1=O)CCCCC2)N1CCCC1c1ccc2c(c1)OCO2. The summed E-state index contributed by atoms with van der Waals surface area (Å²) in [5.74, 6) is 1.29. The largest absolute Gasteiger partial charge is 0.454 e.